The number of carboxylic acid groups (broad SMARTS) is 1. The number of carbonyl (C=O) groups is 1. The van der Waals surface area contributed by atoms with E-state index >= 15 is 0 Å². The minimum Gasteiger partial charge on any atom is -0.478 e. The molecule has 5 heteroatoms. The molecular weight excluding hydrogens is 380 g/mol. The van der Waals surface area contributed by atoms with Gasteiger partial charge in [0.1, 0.15) is 11.3 Å². The van der Waals surface area contributed by atoms with E-state index in [1.165, 1.54) is 0 Å². The Morgan fingerprint density at radius 2 is 1.92 bits per heavy atom. The number of rotatable bonds is 5. The van der Waals surface area contributed by atoms with Gasteiger partial charge in [-0.2, -0.15) is 5.10 Å². The number of carboxylic acids is 1. The third-order valence-electron chi connectivity index (χ3n) is 4.05. The van der Waals surface area contributed by atoms with Gasteiger partial charge in [-0.25, -0.2) is 9.48 Å². The van der Waals surface area contributed by atoms with Gasteiger partial charge in [0.05, 0.1) is 11.4 Å². The zero-order valence-corrected chi connectivity index (χ0v) is 15.7. The highest BCUT2D eigenvalue weighted by molar-refractivity contribution is 9.10. The van der Waals surface area contributed by atoms with Crippen LogP contribution >= 0.6 is 15.9 Å². The van der Waals surface area contributed by atoms with Crippen LogP contribution in [0.5, 0.6) is 0 Å². The van der Waals surface area contributed by atoms with Gasteiger partial charge in [0.15, 0.2) is 0 Å². The number of halogens is 1. The van der Waals surface area contributed by atoms with Crippen molar-refractivity contribution in [2.75, 3.05) is 0 Å². The summed E-state index contributed by atoms with van der Waals surface area (Å²) in [5.41, 5.74) is 4.31. The van der Waals surface area contributed by atoms with Crippen LogP contribution in [0.4, 0.5) is 0 Å². The molecule has 0 saturated heterocycles. The molecule has 1 N–H and O–H groups in total. The van der Waals surface area contributed by atoms with E-state index in [0.29, 0.717) is 12.1 Å². The van der Waals surface area contributed by atoms with Crippen molar-refractivity contribution in [3.8, 4) is 16.9 Å². The smallest absolute Gasteiger partial charge is 0.339 e. The molecule has 0 amide bonds. The normalized spacial score (nSPS) is 10.8. The van der Waals surface area contributed by atoms with Crippen molar-refractivity contribution in [3.63, 3.8) is 0 Å². The predicted molar refractivity (Wildman–Crippen MR) is 102 cm³/mol. The van der Waals surface area contributed by atoms with Gasteiger partial charge < -0.3 is 5.11 Å². The number of aromatic nitrogens is 2. The highest BCUT2D eigenvalue weighted by Gasteiger charge is 2.24. The van der Waals surface area contributed by atoms with Crippen LogP contribution in [-0.4, -0.2) is 20.9 Å². The topological polar surface area (TPSA) is 55.1 Å². The Balaban J connectivity index is 2.26. The Morgan fingerprint density at radius 1 is 1.20 bits per heavy atom. The highest BCUT2D eigenvalue weighted by Crippen LogP contribution is 2.29. The van der Waals surface area contributed by atoms with Crippen LogP contribution in [0.15, 0.2) is 53.0 Å². The van der Waals surface area contributed by atoms with E-state index in [9.17, 15) is 9.90 Å². The molecule has 2 aromatic carbocycles. The summed E-state index contributed by atoms with van der Waals surface area (Å²) in [7, 11) is 0. The van der Waals surface area contributed by atoms with Gasteiger partial charge in [-0.05, 0) is 43.2 Å². The summed E-state index contributed by atoms with van der Waals surface area (Å²) >= 11 is 3.41. The molecule has 0 aliphatic heterocycles. The van der Waals surface area contributed by atoms with Crippen LogP contribution in [0.1, 0.15) is 35.0 Å². The van der Waals surface area contributed by atoms with Gasteiger partial charge in [0, 0.05) is 10.0 Å². The number of hydrogen-bond donors (Lipinski definition) is 1. The summed E-state index contributed by atoms with van der Waals surface area (Å²) in [5.74, 6) is -0.944. The van der Waals surface area contributed by atoms with Crippen molar-refractivity contribution in [1.82, 2.24) is 9.78 Å². The van der Waals surface area contributed by atoms with E-state index in [4.69, 9.17) is 0 Å². The Hall–Kier alpha value is -2.40. The first kappa shape index (κ1) is 17.4. The summed E-state index contributed by atoms with van der Waals surface area (Å²) in [5, 5.41) is 14.5. The summed E-state index contributed by atoms with van der Waals surface area (Å²) in [4.78, 5) is 12.0. The molecule has 0 saturated carbocycles. The van der Waals surface area contributed by atoms with Crippen LogP contribution in [-0.2, 0) is 6.42 Å². The largest absolute Gasteiger partial charge is 0.478 e. The molecule has 3 aromatic rings. The van der Waals surface area contributed by atoms with Gasteiger partial charge in [-0.1, -0.05) is 53.5 Å². The maximum atomic E-state index is 12.0. The molecule has 0 spiro atoms. The zero-order valence-electron chi connectivity index (χ0n) is 14.2. The second-order valence-electron chi connectivity index (χ2n) is 5.98. The van der Waals surface area contributed by atoms with Crippen molar-refractivity contribution in [2.24, 2.45) is 0 Å². The average molecular weight is 399 g/mol. The van der Waals surface area contributed by atoms with Crippen molar-refractivity contribution < 1.29 is 9.90 Å². The van der Waals surface area contributed by atoms with Crippen LogP contribution in [0.3, 0.4) is 0 Å². The molecule has 0 fully saturated rings. The zero-order chi connectivity index (χ0) is 18.0. The quantitative estimate of drug-likeness (QED) is 0.637. The first-order valence-electron chi connectivity index (χ1n) is 8.19. The Kier molecular flexibility index (Phi) is 5.04. The number of aryl methyl sites for hydroxylation is 1. The van der Waals surface area contributed by atoms with E-state index in [-0.39, 0.29) is 5.56 Å². The Morgan fingerprint density at radius 3 is 2.52 bits per heavy atom. The van der Waals surface area contributed by atoms with E-state index in [1.807, 2.05) is 62.4 Å². The molecule has 0 aliphatic rings. The standard InChI is InChI=1S/C20H19BrN2O2/c1-3-5-17-18(20(24)25)19(14-8-10-15(21)11-9-14)22-23(17)16-7-4-6-13(2)12-16/h4,6-12H,3,5H2,1-2H3,(H,24,25). The maximum Gasteiger partial charge on any atom is 0.339 e. The molecule has 0 unspecified atom stereocenters. The first-order valence-corrected chi connectivity index (χ1v) is 8.98. The lowest BCUT2D eigenvalue weighted by Gasteiger charge is -2.08. The fourth-order valence-corrected chi connectivity index (χ4v) is 3.19. The van der Waals surface area contributed by atoms with Crippen LogP contribution < -0.4 is 0 Å². The molecule has 0 atom stereocenters. The molecule has 0 aliphatic carbocycles. The molecule has 4 nitrogen and oxygen atoms in total. The number of aromatic carboxylic acids is 1. The van der Waals surface area contributed by atoms with Crippen LogP contribution in [0.25, 0.3) is 16.9 Å². The predicted octanol–water partition coefficient (Wildman–Crippen LogP) is 5.26. The molecular formula is C20H19BrN2O2. The number of nitrogens with zero attached hydrogens (tertiary/aromatic N) is 2. The number of benzene rings is 2. The van der Waals surface area contributed by atoms with Crippen molar-refractivity contribution in [3.05, 3.63) is 69.8 Å². The monoisotopic (exact) mass is 398 g/mol. The van der Waals surface area contributed by atoms with Gasteiger partial charge in [-0.15, -0.1) is 0 Å². The molecule has 25 heavy (non-hydrogen) atoms. The van der Waals surface area contributed by atoms with Crippen LogP contribution in [0, 0.1) is 6.92 Å². The molecule has 1 heterocycles. The fourth-order valence-electron chi connectivity index (χ4n) is 2.93. The second-order valence-corrected chi connectivity index (χ2v) is 6.90. The van der Waals surface area contributed by atoms with Crippen molar-refractivity contribution in [1.29, 1.82) is 0 Å². The minimum absolute atomic E-state index is 0.283. The number of hydrogen-bond acceptors (Lipinski definition) is 2. The molecule has 3 rings (SSSR count). The molecule has 0 bridgehead atoms. The first-order chi connectivity index (χ1) is 12.0. The summed E-state index contributed by atoms with van der Waals surface area (Å²) in [6.45, 7) is 4.05. The minimum atomic E-state index is -0.944. The van der Waals surface area contributed by atoms with Gasteiger partial charge in [-0.3, -0.25) is 0 Å². The molecule has 0 radical (unpaired) electrons. The second kappa shape index (κ2) is 7.23. The highest BCUT2D eigenvalue weighted by atomic mass is 79.9. The van der Waals surface area contributed by atoms with Gasteiger partial charge in [0.2, 0.25) is 0 Å². The van der Waals surface area contributed by atoms with Crippen LogP contribution in [0.2, 0.25) is 0 Å². The Labute approximate surface area is 155 Å². The molecule has 128 valence electrons. The third kappa shape index (κ3) is 3.51. The lowest BCUT2D eigenvalue weighted by atomic mass is 10.0. The van der Waals surface area contributed by atoms with Gasteiger partial charge >= 0.3 is 5.97 Å². The third-order valence-corrected chi connectivity index (χ3v) is 4.57. The average Bonchev–Trinajstić information content (AvgIpc) is 2.95. The Bertz CT molecular complexity index is 914. The van der Waals surface area contributed by atoms with Crippen molar-refractivity contribution in [2.45, 2.75) is 26.7 Å². The maximum absolute atomic E-state index is 12.0. The lowest BCUT2D eigenvalue weighted by molar-refractivity contribution is 0.0696. The fraction of sp³-hybridized carbons (Fsp3) is 0.200. The van der Waals surface area contributed by atoms with E-state index in [0.717, 1.165) is 33.4 Å². The summed E-state index contributed by atoms with van der Waals surface area (Å²) in [6.07, 6.45) is 1.50. The van der Waals surface area contributed by atoms with Crippen molar-refractivity contribution >= 4 is 21.9 Å². The summed E-state index contributed by atoms with van der Waals surface area (Å²) in [6, 6.07) is 15.5. The lowest BCUT2D eigenvalue weighted by Crippen LogP contribution is -2.06. The van der Waals surface area contributed by atoms with Gasteiger partial charge in [0.25, 0.3) is 0 Å². The van der Waals surface area contributed by atoms with E-state index in [2.05, 4.69) is 21.0 Å². The SMILES string of the molecule is CCCc1c(C(=O)O)c(-c2ccc(Br)cc2)nn1-c1cccc(C)c1. The summed E-state index contributed by atoms with van der Waals surface area (Å²) < 4.78 is 2.72. The van der Waals surface area contributed by atoms with E-state index in [1.54, 1.807) is 4.68 Å². The molecule has 1 aromatic heterocycles. The van der Waals surface area contributed by atoms with E-state index < -0.39 is 5.97 Å².